The number of benzene rings is 2. The third kappa shape index (κ3) is 5.90. The van der Waals surface area contributed by atoms with Crippen molar-refractivity contribution in [3.05, 3.63) is 58.6 Å². The lowest BCUT2D eigenvalue weighted by atomic mass is 10.1. The van der Waals surface area contributed by atoms with Gasteiger partial charge in [0.25, 0.3) is 0 Å². The van der Waals surface area contributed by atoms with E-state index in [2.05, 4.69) is 25.2 Å². The lowest BCUT2D eigenvalue weighted by Gasteiger charge is -2.17. The zero-order valence-corrected chi connectivity index (χ0v) is 15.9. The molecule has 24 heavy (non-hydrogen) atoms. The second-order valence-corrected chi connectivity index (χ2v) is 6.00. The summed E-state index contributed by atoms with van der Waals surface area (Å²) in [6, 6.07) is 14.1. The maximum Gasteiger partial charge on any atom is 0.166 e. The van der Waals surface area contributed by atoms with Gasteiger partial charge in [0.05, 0.1) is 6.61 Å². The Morgan fingerprint density at radius 3 is 2.38 bits per heavy atom. The molecule has 2 aromatic rings. The molecule has 3 nitrogen and oxygen atoms in total. The topological polar surface area (TPSA) is 30.5 Å². The summed E-state index contributed by atoms with van der Waals surface area (Å²) in [5, 5.41) is 4.13. The van der Waals surface area contributed by atoms with Crippen LogP contribution in [0.15, 0.2) is 42.5 Å². The van der Waals surface area contributed by atoms with E-state index >= 15 is 0 Å². The predicted molar refractivity (Wildman–Crippen MR) is 103 cm³/mol. The van der Waals surface area contributed by atoms with E-state index in [1.165, 1.54) is 0 Å². The van der Waals surface area contributed by atoms with Crippen molar-refractivity contribution < 1.29 is 9.47 Å². The van der Waals surface area contributed by atoms with E-state index in [-0.39, 0.29) is 12.4 Å². The van der Waals surface area contributed by atoms with Crippen molar-refractivity contribution in [1.29, 1.82) is 0 Å². The van der Waals surface area contributed by atoms with Gasteiger partial charge in [-0.05, 0) is 19.1 Å². The highest BCUT2D eigenvalue weighted by Crippen LogP contribution is 2.32. The van der Waals surface area contributed by atoms with Crippen molar-refractivity contribution in [1.82, 2.24) is 5.32 Å². The number of hydrogen-bond acceptors (Lipinski definition) is 3. The maximum absolute atomic E-state index is 6.21. The molecule has 5 heteroatoms. The Morgan fingerprint density at radius 1 is 1.00 bits per heavy atom. The monoisotopic (exact) mass is 369 g/mol. The minimum atomic E-state index is 0. The first-order chi connectivity index (χ1) is 11.1. The van der Waals surface area contributed by atoms with Crippen LogP contribution >= 0.6 is 24.0 Å². The molecular formula is C19H25Cl2NO2. The van der Waals surface area contributed by atoms with Crippen LogP contribution in [0, 0.1) is 0 Å². The Hall–Kier alpha value is -1.42. The van der Waals surface area contributed by atoms with Crippen LogP contribution in [0.3, 0.4) is 0 Å². The van der Waals surface area contributed by atoms with Gasteiger partial charge in [0, 0.05) is 28.7 Å². The van der Waals surface area contributed by atoms with Gasteiger partial charge in [-0.15, -0.1) is 12.4 Å². The summed E-state index contributed by atoms with van der Waals surface area (Å²) in [6.07, 6.45) is 0. The summed E-state index contributed by atoms with van der Waals surface area (Å²) in [5.41, 5.74) is 2.04. The van der Waals surface area contributed by atoms with Gasteiger partial charge < -0.3 is 14.8 Å². The molecule has 2 rings (SSSR count). The van der Waals surface area contributed by atoms with Crippen LogP contribution in [-0.4, -0.2) is 12.6 Å². The van der Waals surface area contributed by atoms with Gasteiger partial charge in [-0.25, -0.2) is 0 Å². The Labute approximate surface area is 155 Å². The minimum Gasteiger partial charge on any atom is -0.490 e. The lowest BCUT2D eigenvalue weighted by Crippen LogP contribution is -2.22. The molecule has 2 aromatic carbocycles. The largest absolute Gasteiger partial charge is 0.490 e. The van der Waals surface area contributed by atoms with Crippen molar-refractivity contribution in [3.8, 4) is 11.5 Å². The second kappa shape index (κ2) is 10.4. The van der Waals surface area contributed by atoms with Crippen LogP contribution in [0.4, 0.5) is 0 Å². The fourth-order valence-electron chi connectivity index (χ4n) is 2.21. The van der Waals surface area contributed by atoms with E-state index in [4.69, 9.17) is 21.1 Å². The van der Waals surface area contributed by atoms with E-state index in [1.54, 1.807) is 0 Å². The number of halogens is 2. The molecule has 0 amide bonds. The molecule has 0 atom stereocenters. The van der Waals surface area contributed by atoms with E-state index in [1.807, 2.05) is 43.3 Å². The van der Waals surface area contributed by atoms with Crippen molar-refractivity contribution in [2.75, 3.05) is 6.61 Å². The summed E-state index contributed by atoms with van der Waals surface area (Å²) < 4.78 is 11.8. The highest BCUT2D eigenvalue weighted by atomic mass is 35.5. The smallest absolute Gasteiger partial charge is 0.166 e. The average Bonchev–Trinajstić information content (AvgIpc) is 2.53. The van der Waals surface area contributed by atoms with Gasteiger partial charge in [0.15, 0.2) is 11.5 Å². The predicted octanol–water partition coefficient (Wildman–Crippen LogP) is 5.24. The summed E-state index contributed by atoms with van der Waals surface area (Å²) in [4.78, 5) is 0. The van der Waals surface area contributed by atoms with Gasteiger partial charge in [0.1, 0.15) is 6.61 Å². The van der Waals surface area contributed by atoms with Crippen LogP contribution in [0.2, 0.25) is 5.02 Å². The van der Waals surface area contributed by atoms with Crippen LogP contribution in [0.25, 0.3) is 0 Å². The van der Waals surface area contributed by atoms with Crippen molar-refractivity contribution in [3.63, 3.8) is 0 Å². The van der Waals surface area contributed by atoms with Crippen LogP contribution in [-0.2, 0) is 13.2 Å². The minimum absolute atomic E-state index is 0. The molecule has 0 saturated heterocycles. The summed E-state index contributed by atoms with van der Waals surface area (Å²) in [5.74, 6) is 1.55. The summed E-state index contributed by atoms with van der Waals surface area (Å²) in [7, 11) is 0. The molecule has 0 spiro atoms. The van der Waals surface area contributed by atoms with E-state index < -0.39 is 0 Å². The third-order valence-corrected chi connectivity index (χ3v) is 3.76. The quantitative estimate of drug-likeness (QED) is 0.690. The van der Waals surface area contributed by atoms with E-state index in [9.17, 15) is 0 Å². The van der Waals surface area contributed by atoms with Crippen LogP contribution < -0.4 is 14.8 Å². The molecule has 0 heterocycles. The van der Waals surface area contributed by atoms with Crippen molar-refractivity contribution >= 4 is 24.0 Å². The number of hydrogen-bond donors (Lipinski definition) is 1. The molecule has 132 valence electrons. The molecular weight excluding hydrogens is 345 g/mol. The molecule has 0 bridgehead atoms. The standard InChI is InChI=1S/C19H24ClNO2.ClH/c1-4-22-18-11-7-9-15(12-21-14(2)3)19(18)23-13-16-8-5-6-10-17(16)20;/h5-11,14,21H,4,12-13H2,1-3H3;1H. The second-order valence-electron chi connectivity index (χ2n) is 5.59. The normalized spacial score (nSPS) is 10.4. The van der Waals surface area contributed by atoms with Gasteiger partial charge in [-0.2, -0.15) is 0 Å². The molecule has 1 N–H and O–H groups in total. The van der Waals surface area contributed by atoms with Gasteiger partial charge in [-0.3, -0.25) is 0 Å². The number of rotatable bonds is 8. The first kappa shape index (κ1) is 20.6. The first-order valence-corrected chi connectivity index (χ1v) is 8.34. The number of para-hydroxylation sites is 1. The number of ether oxygens (including phenoxy) is 2. The summed E-state index contributed by atoms with van der Waals surface area (Å²) in [6.45, 7) is 7.96. The molecule has 0 radical (unpaired) electrons. The molecule has 0 aromatic heterocycles. The molecule has 0 saturated carbocycles. The Morgan fingerprint density at radius 2 is 1.71 bits per heavy atom. The fraction of sp³-hybridized carbons (Fsp3) is 0.368. The van der Waals surface area contributed by atoms with Gasteiger partial charge in [0.2, 0.25) is 0 Å². The molecule has 0 aliphatic heterocycles. The van der Waals surface area contributed by atoms with Crippen molar-refractivity contribution in [2.24, 2.45) is 0 Å². The first-order valence-electron chi connectivity index (χ1n) is 7.96. The fourth-order valence-corrected chi connectivity index (χ4v) is 2.40. The van der Waals surface area contributed by atoms with Crippen LogP contribution in [0.1, 0.15) is 31.9 Å². The van der Waals surface area contributed by atoms with E-state index in [0.717, 1.165) is 29.2 Å². The Kier molecular flexibility index (Phi) is 8.98. The summed E-state index contributed by atoms with van der Waals surface area (Å²) >= 11 is 6.21. The van der Waals surface area contributed by atoms with Gasteiger partial charge in [-0.1, -0.05) is 55.8 Å². The lowest BCUT2D eigenvalue weighted by molar-refractivity contribution is 0.266. The molecule has 0 aliphatic rings. The highest BCUT2D eigenvalue weighted by Gasteiger charge is 2.12. The van der Waals surface area contributed by atoms with Gasteiger partial charge >= 0.3 is 0 Å². The Balaban J connectivity index is 0.00000288. The average molecular weight is 370 g/mol. The zero-order chi connectivity index (χ0) is 16.7. The molecule has 0 fully saturated rings. The van der Waals surface area contributed by atoms with E-state index in [0.29, 0.717) is 24.3 Å². The SMILES string of the molecule is CCOc1cccc(CNC(C)C)c1OCc1ccccc1Cl.Cl. The van der Waals surface area contributed by atoms with Crippen LogP contribution in [0.5, 0.6) is 11.5 Å². The zero-order valence-electron chi connectivity index (χ0n) is 14.3. The Bertz CT molecular complexity index is 633. The molecule has 0 unspecified atom stereocenters. The number of nitrogens with one attached hydrogen (secondary N) is 1. The third-order valence-electron chi connectivity index (χ3n) is 3.39. The molecule has 0 aliphatic carbocycles. The maximum atomic E-state index is 6.21. The highest BCUT2D eigenvalue weighted by molar-refractivity contribution is 6.31. The van der Waals surface area contributed by atoms with Crippen molar-refractivity contribution in [2.45, 2.75) is 40.0 Å².